The van der Waals surface area contributed by atoms with Crippen LogP contribution in [0.15, 0.2) is 54.6 Å². The summed E-state index contributed by atoms with van der Waals surface area (Å²) in [4.78, 5) is 23.9. The highest BCUT2D eigenvalue weighted by Gasteiger charge is 2.15. The average Bonchev–Trinajstić information content (AvgIpc) is 3.25. The highest BCUT2D eigenvalue weighted by molar-refractivity contribution is 7.09. The van der Waals surface area contributed by atoms with Gasteiger partial charge in [0.25, 0.3) is 5.91 Å². The molecule has 0 aliphatic rings. The van der Waals surface area contributed by atoms with E-state index in [4.69, 9.17) is 0 Å². The molecule has 0 unspecified atom stereocenters. The molecular formula is C16H16N4OS. The van der Waals surface area contributed by atoms with E-state index in [0.29, 0.717) is 18.7 Å². The number of thiophene rings is 1. The van der Waals surface area contributed by atoms with Gasteiger partial charge in [-0.2, -0.15) is 0 Å². The first-order valence-corrected chi connectivity index (χ1v) is 7.92. The summed E-state index contributed by atoms with van der Waals surface area (Å²) in [7, 11) is 0. The van der Waals surface area contributed by atoms with Crippen molar-refractivity contribution in [2.45, 2.75) is 13.5 Å². The largest absolute Gasteiger partial charge is 0.334 e. The van der Waals surface area contributed by atoms with E-state index < -0.39 is 0 Å². The number of imidazole rings is 1. The van der Waals surface area contributed by atoms with E-state index >= 15 is 0 Å². The first kappa shape index (κ1) is 14.5. The molecule has 0 atom stereocenters. The summed E-state index contributed by atoms with van der Waals surface area (Å²) in [6, 6.07) is 7.68. The summed E-state index contributed by atoms with van der Waals surface area (Å²) in [6.07, 6.45) is 6.81. The molecule has 3 heterocycles. The van der Waals surface area contributed by atoms with Crippen LogP contribution in [-0.4, -0.2) is 31.9 Å². The molecule has 22 heavy (non-hydrogen) atoms. The first-order valence-electron chi connectivity index (χ1n) is 7.04. The molecule has 3 aromatic rings. The smallest absolute Gasteiger partial charge is 0.255 e. The van der Waals surface area contributed by atoms with E-state index in [9.17, 15) is 4.79 Å². The van der Waals surface area contributed by atoms with Gasteiger partial charge >= 0.3 is 0 Å². The number of hydrogen-bond donors (Lipinski definition) is 0. The third-order valence-corrected chi connectivity index (χ3v) is 4.22. The Kier molecular flexibility index (Phi) is 4.29. The van der Waals surface area contributed by atoms with Crippen LogP contribution in [0, 0.1) is 0 Å². The van der Waals surface area contributed by atoms with Crippen molar-refractivity contribution >= 4 is 17.2 Å². The standard InChI is InChI=1S/C16H16N4OS/c1-2-19(11-14-4-3-9-22-14)16(21)13-5-6-15(18-10-13)20-8-7-17-12-20/h3-10,12H,2,11H2,1H3. The van der Waals surface area contributed by atoms with Gasteiger partial charge in [0, 0.05) is 30.0 Å². The van der Waals surface area contributed by atoms with Crippen LogP contribution in [0.1, 0.15) is 22.2 Å². The lowest BCUT2D eigenvalue weighted by Crippen LogP contribution is -2.30. The van der Waals surface area contributed by atoms with Crippen LogP contribution in [-0.2, 0) is 6.54 Å². The van der Waals surface area contributed by atoms with Crippen LogP contribution in [0.3, 0.4) is 0 Å². The van der Waals surface area contributed by atoms with Crippen LogP contribution in [0.2, 0.25) is 0 Å². The maximum absolute atomic E-state index is 12.6. The summed E-state index contributed by atoms with van der Waals surface area (Å²) in [5.74, 6) is 0.746. The SMILES string of the molecule is CCN(Cc1cccs1)C(=O)c1ccc(-n2ccnc2)nc1. The van der Waals surface area contributed by atoms with Crippen LogP contribution < -0.4 is 0 Å². The first-order chi connectivity index (χ1) is 10.8. The van der Waals surface area contributed by atoms with E-state index in [-0.39, 0.29) is 5.91 Å². The van der Waals surface area contributed by atoms with E-state index in [1.54, 1.807) is 34.6 Å². The summed E-state index contributed by atoms with van der Waals surface area (Å²) in [5, 5.41) is 2.02. The minimum absolute atomic E-state index is 0.000538. The Hall–Kier alpha value is -2.47. The molecule has 3 aromatic heterocycles. The van der Waals surface area contributed by atoms with Crippen LogP contribution in [0.4, 0.5) is 0 Å². The highest BCUT2D eigenvalue weighted by atomic mass is 32.1. The number of rotatable bonds is 5. The Balaban J connectivity index is 1.76. The predicted octanol–water partition coefficient (Wildman–Crippen LogP) is 2.99. The van der Waals surface area contributed by atoms with Gasteiger partial charge in [0.2, 0.25) is 0 Å². The Morgan fingerprint density at radius 1 is 1.36 bits per heavy atom. The lowest BCUT2D eigenvalue weighted by molar-refractivity contribution is 0.0754. The quantitative estimate of drug-likeness (QED) is 0.728. The number of aromatic nitrogens is 3. The molecule has 0 saturated carbocycles. The molecule has 0 N–H and O–H groups in total. The maximum atomic E-state index is 12.6. The molecule has 5 nitrogen and oxygen atoms in total. The van der Waals surface area contributed by atoms with Gasteiger partial charge in [-0.05, 0) is 30.5 Å². The lowest BCUT2D eigenvalue weighted by atomic mass is 10.2. The van der Waals surface area contributed by atoms with Gasteiger partial charge in [-0.1, -0.05) is 6.07 Å². The number of carbonyl (C=O) groups is 1. The van der Waals surface area contributed by atoms with Crippen molar-refractivity contribution in [2.24, 2.45) is 0 Å². The number of amides is 1. The summed E-state index contributed by atoms with van der Waals surface area (Å²) in [6.45, 7) is 3.29. The van der Waals surface area contributed by atoms with Gasteiger partial charge in [0.1, 0.15) is 12.1 Å². The number of carbonyl (C=O) groups excluding carboxylic acids is 1. The number of pyridine rings is 1. The van der Waals surface area contributed by atoms with Gasteiger partial charge in [0.15, 0.2) is 0 Å². The van der Waals surface area contributed by atoms with Gasteiger partial charge < -0.3 is 4.90 Å². The summed E-state index contributed by atoms with van der Waals surface area (Å²) in [5.41, 5.74) is 0.599. The van der Waals surface area contributed by atoms with Crippen LogP contribution >= 0.6 is 11.3 Å². The summed E-state index contributed by atoms with van der Waals surface area (Å²) < 4.78 is 1.80. The summed E-state index contributed by atoms with van der Waals surface area (Å²) >= 11 is 1.66. The maximum Gasteiger partial charge on any atom is 0.255 e. The van der Waals surface area contributed by atoms with Crippen LogP contribution in [0.25, 0.3) is 5.82 Å². The predicted molar refractivity (Wildman–Crippen MR) is 86.1 cm³/mol. The second-order valence-electron chi connectivity index (χ2n) is 4.77. The molecule has 0 spiro atoms. The fourth-order valence-corrected chi connectivity index (χ4v) is 2.88. The van der Waals surface area contributed by atoms with Gasteiger partial charge in [-0.15, -0.1) is 11.3 Å². The van der Waals surface area contributed by atoms with Crippen molar-refractivity contribution in [1.82, 2.24) is 19.4 Å². The van der Waals surface area contributed by atoms with Crippen molar-refractivity contribution < 1.29 is 4.79 Å². The van der Waals surface area contributed by atoms with Crippen LogP contribution in [0.5, 0.6) is 0 Å². The molecular weight excluding hydrogens is 296 g/mol. The Labute approximate surface area is 132 Å². The Morgan fingerprint density at radius 3 is 2.86 bits per heavy atom. The van der Waals surface area contributed by atoms with Gasteiger partial charge in [0.05, 0.1) is 12.1 Å². The molecule has 1 amide bonds. The Morgan fingerprint density at radius 2 is 2.27 bits per heavy atom. The highest BCUT2D eigenvalue weighted by Crippen LogP contribution is 2.14. The fraction of sp³-hybridized carbons (Fsp3) is 0.188. The lowest BCUT2D eigenvalue weighted by Gasteiger charge is -2.20. The molecule has 0 bridgehead atoms. The minimum atomic E-state index is 0.000538. The fourth-order valence-electron chi connectivity index (χ4n) is 2.16. The van der Waals surface area contributed by atoms with Crippen molar-refractivity contribution in [3.8, 4) is 5.82 Å². The molecule has 6 heteroatoms. The zero-order valence-electron chi connectivity index (χ0n) is 12.2. The number of hydrogen-bond acceptors (Lipinski definition) is 4. The zero-order valence-corrected chi connectivity index (χ0v) is 13.0. The molecule has 0 fully saturated rings. The molecule has 0 aliphatic heterocycles. The van der Waals surface area contributed by atoms with E-state index in [1.807, 2.05) is 47.7 Å². The third kappa shape index (κ3) is 3.07. The molecule has 3 rings (SSSR count). The van der Waals surface area contributed by atoms with E-state index in [1.165, 1.54) is 4.88 Å². The third-order valence-electron chi connectivity index (χ3n) is 3.36. The minimum Gasteiger partial charge on any atom is -0.334 e. The van der Waals surface area contributed by atoms with Crippen molar-refractivity contribution in [2.75, 3.05) is 6.54 Å². The van der Waals surface area contributed by atoms with Crippen molar-refractivity contribution in [3.63, 3.8) is 0 Å². The average molecular weight is 312 g/mol. The molecule has 0 saturated heterocycles. The monoisotopic (exact) mass is 312 g/mol. The van der Waals surface area contributed by atoms with E-state index in [0.717, 1.165) is 5.82 Å². The van der Waals surface area contributed by atoms with Gasteiger partial charge in [-0.25, -0.2) is 9.97 Å². The molecule has 0 aliphatic carbocycles. The second-order valence-corrected chi connectivity index (χ2v) is 5.81. The molecule has 112 valence electrons. The Bertz CT molecular complexity index is 720. The molecule has 0 radical (unpaired) electrons. The van der Waals surface area contributed by atoms with Crippen molar-refractivity contribution in [3.05, 3.63) is 65.0 Å². The van der Waals surface area contributed by atoms with Crippen molar-refractivity contribution in [1.29, 1.82) is 0 Å². The zero-order chi connectivity index (χ0) is 15.4. The number of nitrogens with zero attached hydrogens (tertiary/aromatic N) is 4. The van der Waals surface area contributed by atoms with Gasteiger partial charge in [-0.3, -0.25) is 9.36 Å². The topological polar surface area (TPSA) is 51.0 Å². The molecule has 0 aromatic carbocycles. The normalized spacial score (nSPS) is 10.6. The van der Waals surface area contributed by atoms with E-state index in [2.05, 4.69) is 9.97 Å². The second kappa shape index (κ2) is 6.53.